The molecule has 2 saturated heterocycles. The van der Waals surface area contributed by atoms with Crippen LogP contribution in [0.25, 0.3) is 0 Å². The van der Waals surface area contributed by atoms with Gasteiger partial charge in [0.1, 0.15) is 0 Å². The predicted octanol–water partition coefficient (Wildman–Crippen LogP) is 0.686. The Hall–Kier alpha value is -1.18. The lowest BCUT2D eigenvalue weighted by Gasteiger charge is -2.19. The Bertz CT molecular complexity index is 656. The number of rotatable bonds is 4. The highest BCUT2D eigenvalue weighted by Gasteiger charge is 2.27. The molecule has 2 fully saturated rings. The minimum absolute atomic E-state index is 0.151. The highest BCUT2D eigenvalue weighted by molar-refractivity contribution is 7.89. The molecule has 0 N–H and O–H groups in total. The van der Waals surface area contributed by atoms with Crippen LogP contribution in [0.3, 0.4) is 0 Å². The van der Waals surface area contributed by atoms with Crippen LogP contribution >= 0.6 is 0 Å². The van der Waals surface area contributed by atoms with Crippen molar-refractivity contribution < 1.29 is 8.42 Å². The largest absolute Gasteiger partial charge is 0.301 e. The van der Waals surface area contributed by atoms with Gasteiger partial charge in [-0.1, -0.05) is 0 Å². The summed E-state index contributed by atoms with van der Waals surface area (Å²) in [6.07, 6.45) is 5.59. The fourth-order valence-corrected chi connectivity index (χ4v) is 4.53. The fourth-order valence-electron chi connectivity index (χ4n) is 2.99. The molecule has 0 spiro atoms. The highest BCUT2D eigenvalue weighted by Crippen LogP contribution is 2.20. The van der Waals surface area contributed by atoms with Crippen LogP contribution in [0.1, 0.15) is 25.7 Å². The van der Waals surface area contributed by atoms with Gasteiger partial charge in [0.2, 0.25) is 10.0 Å². The van der Waals surface area contributed by atoms with E-state index in [2.05, 4.69) is 4.90 Å². The zero-order chi connectivity index (χ0) is 14.9. The van der Waals surface area contributed by atoms with E-state index in [0.717, 1.165) is 38.8 Å². The van der Waals surface area contributed by atoms with Gasteiger partial charge in [0.15, 0.2) is 0 Å². The standard InChI is InChI=1S/C14H21N3O3S/c18-14-6-5-13(21(19,20)17-9-3-4-10-17)11-16(14)12-15-7-1-2-8-15/h5-6,11H,1-4,7-10,12H2. The minimum atomic E-state index is -3.46. The van der Waals surface area contributed by atoms with Crippen molar-refractivity contribution in [2.45, 2.75) is 37.2 Å². The summed E-state index contributed by atoms with van der Waals surface area (Å²) in [5, 5.41) is 0. The average molecular weight is 311 g/mol. The summed E-state index contributed by atoms with van der Waals surface area (Å²) in [5.41, 5.74) is -0.151. The van der Waals surface area contributed by atoms with Gasteiger partial charge in [-0.3, -0.25) is 9.69 Å². The second-order valence-corrected chi connectivity index (χ2v) is 7.69. The molecule has 0 aromatic carbocycles. The van der Waals surface area contributed by atoms with Gasteiger partial charge in [0, 0.05) is 25.4 Å². The van der Waals surface area contributed by atoms with E-state index in [1.807, 2.05) is 0 Å². The summed E-state index contributed by atoms with van der Waals surface area (Å²) in [6.45, 7) is 3.56. The third kappa shape index (κ3) is 3.04. The molecule has 0 atom stereocenters. The van der Waals surface area contributed by atoms with Gasteiger partial charge in [-0.15, -0.1) is 0 Å². The normalized spacial score (nSPS) is 21.1. The molecule has 0 bridgehead atoms. The van der Waals surface area contributed by atoms with E-state index in [4.69, 9.17) is 0 Å². The molecule has 6 nitrogen and oxygen atoms in total. The third-order valence-corrected chi connectivity index (χ3v) is 6.09. The Labute approximate surface area is 125 Å². The lowest BCUT2D eigenvalue weighted by atomic mass is 10.4. The number of likely N-dealkylation sites (tertiary alicyclic amines) is 1. The topological polar surface area (TPSA) is 62.6 Å². The second-order valence-electron chi connectivity index (χ2n) is 5.75. The number of sulfonamides is 1. The van der Waals surface area contributed by atoms with Crippen LogP contribution in [-0.2, 0) is 16.7 Å². The van der Waals surface area contributed by atoms with Crippen LogP contribution in [0.5, 0.6) is 0 Å². The quantitative estimate of drug-likeness (QED) is 0.820. The molecule has 0 aliphatic carbocycles. The zero-order valence-corrected chi connectivity index (χ0v) is 12.9. The predicted molar refractivity (Wildman–Crippen MR) is 79.5 cm³/mol. The van der Waals surface area contributed by atoms with E-state index >= 15 is 0 Å². The first kappa shape index (κ1) is 14.7. The molecule has 0 saturated carbocycles. The molecular weight excluding hydrogens is 290 g/mol. The van der Waals surface area contributed by atoms with Crippen molar-refractivity contribution in [2.24, 2.45) is 0 Å². The number of pyridine rings is 1. The summed E-state index contributed by atoms with van der Waals surface area (Å²) in [6, 6.07) is 2.79. The number of hydrogen-bond acceptors (Lipinski definition) is 4. The fraction of sp³-hybridized carbons (Fsp3) is 0.643. The van der Waals surface area contributed by atoms with Crippen molar-refractivity contribution in [2.75, 3.05) is 26.2 Å². The number of hydrogen-bond donors (Lipinski definition) is 0. The third-order valence-electron chi connectivity index (χ3n) is 4.21. The van der Waals surface area contributed by atoms with Crippen LogP contribution < -0.4 is 5.56 Å². The van der Waals surface area contributed by atoms with Crippen LogP contribution in [0, 0.1) is 0 Å². The van der Waals surface area contributed by atoms with E-state index < -0.39 is 10.0 Å². The number of nitrogens with zero attached hydrogens (tertiary/aromatic N) is 3. The Morgan fingerprint density at radius 1 is 0.952 bits per heavy atom. The molecule has 116 valence electrons. The van der Waals surface area contributed by atoms with Crippen LogP contribution in [-0.4, -0.2) is 48.4 Å². The first-order chi connectivity index (χ1) is 10.1. The van der Waals surface area contributed by atoms with Gasteiger partial charge in [0.05, 0.1) is 11.6 Å². The van der Waals surface area contributed by atoms with Gasteiger partial charge < -0.3 is 4.57 Å². The Balaban J connectivity index is 1.87. The Morgan fingerprint density at radius 3 is 2.24 bits per heavy atom. The van der Waals surface area contributed by atoms with E-state index in [1.54, 1.807) is 0 Å². The molecule has 0 unspecified atom stereocenters. The summed E-state index contributed by atoms with van der Waals surface area (Å²) in [4.78, 5) is 14.3. The first-order valence-corrected chi connectivity index (χ1v) is 8.94. The smallest absolute Gasteiger partial charge is 0.251 e. The van der Waals surface area contributed by atoms with Crippen LogP contribution in [0.2, 0.25) is 0 Å². The van der Waals surface area contributed by atoms with Crippen LogP contribution in [0.4, 0.5) is 0 Å². The van der Waals surface area contributed by atoms with Gasteiger partial charge in [0.25, 0.3) is 5.56 Å². The molecule has 2 aliphatic heterocycles. The van der Waals surface area contributed by atoms with Gasteiger partial charge >= 0.3 is 0 Å². The molecule has 1 aromatic heterocycles. The maximum Gasteiger partial charge on any atom is 0.251 e. The van der Waals surface area contributed by atoms with Crippen molar-refractivity contribution in [1.82, 2.24) is 13.8 Å². The zero-order valence-electron chi connectivity index (χ0n) is 12.1. The highest BCUT2D eigenvalue weighted by atomic mass is 32.2. The maximum absolute atomic E-state index is 12.5. The minimum Gasteiger partial charge on any atom is -0.301 e. The van der Waals surface area contributed by atoms with E-state index in [0.29, 0.717) is 19.8 Å². The van der Waals surface area contributed by atoms with Crippen molar-refractivity contribution in [3.63, 3.8) is 0 Å². The second kappa shape index (κ2) is 5.90. The molecule has 7 heteroatoms. The molecule has 0 radical (unpaired) electrons. The van der Waals surface area contributed by atoms with Gasteiger partial charge in [-0.25, -0.2) is 8.42 Å². The van der Waals surface area contributed by atoms with Gasteiger partial charge in [-0.05, 0) is 44.8 Å². The maximum atomic E-state index is 12.5. The van der Waals surface area contributed by atoms with Crippen molar-refractivity contribution in [1.29, 1.82) is 0 Å². The van der Waals surface area contributed by atoms with E-state index in [-0.39, 0.29) is 10.5 Å². The molecule has 2 aliphatic rings. The van der Waals surface area contributed by atoms with Crippen molar-refractivity contribution >= 4 is 10.0 Å². The van der Waals surface area contributed by atoms with E-state index in [1.165, 1.54) is 27.2 Å². The Morgan fingerprint density at radius 2 is 1.57 bits per heavy atom. The Kier molecular flexibility index (Phi) is 4.14. The SMILES string of the molecule is O=c1ccc(S(=O)(=O)N2CCCC2)cn1CN1CCCC1. The lowest BCUT2D eigenvalue weighted by Crippen LogP contribution is -2.32. The molecule has 21 heavy (non-hydrogen) atoms. The van der Waals surface area contributed by atoms with Gasteiger partial charge in [-0.2, -0.15) is 4.31 Å². The first-order valence-electron chi connectivity index (χ1n) is 7.50. The average Bonchev–Trinajstić information content (AvgIpc) is 3.13. The molecule has 1 aromatic rings. The molecule has 3 heterocycles. The summed E-state index contributed by atoms with van der Waals surface area (Å²) in [5.74, 6) is 0. The molecule has 3 rings (SSSR count). The summed E-state index contributed by atoms with van der Waals surface area (Å²) < 4.78 is 28.1. The number of aromatic nitrogens is 1. The van der Waals surface area contributed by atoms with Crippen molar-refractivity contribution in [3.05, 3.63) is 28.7 Å². The monoisotopic (exact) mass is 311 g/mol. The molecule has 0 amide bonds. The van der Waals surface area contributed by atoms with Crippen molar-refractivity contribution in [3.8, 4) is 0 Å². The van der Waals surface area contributed by atoms with E-state index in [9.17, 15) is 13.2 Å². The summed E-state index contributed by atoms with van der Waals surface area (Å²) in [7, 11) is -3.46. The lowest BCUT2D eigenvalue weighted by molar-refractivity contribution is 0.265. The molecular formula is C14H21N3O3S. The summed E-state index contributed by atoms with van der Waals surface area (Å²) >= 11 is 0. The van der Waals surface area contributed by atoms with Crippen LogP contribution in [0.15, 0.2) is 28.0 Å².